The summed E-state index contributed by atoms with van der Waals surface area (Å²) in [5, 5.41) is 9.32. The van der Waals surface area contributed by atoms with Crippen molar-refractivity contribution in [2.75, 3.05) is 0 Å². The zero-order valence-electron chi connectivity index (χ0n) is 20.3. The van der Waals surface area contributed by atoms with Crippen LogP contribution in [0.2, 0.25) is 0 Å². The summed E-state index contributed by atoms with van der Waals surface area (Å²) >= 11 is 0. The van der Waals surface area contributed by atoms with Crippen molar-refractivity contribution in [3.8, 4) is 45.0 Å². The van der Waals surface area contributed by atoms with Crippen molar-refractivity contribution < 1.29 is 9.59 Å². The fraction of sp³-hybridized carbons (Fsp3) is 0.133. The maximum Gasteiger partial charge on any atom is 0.247 e. The van der Waals surface area contributed by atoms with Gasteiger partial charge in [-0.05, 0) is 18.2 Å². The summed E-state index contributed by atoms with van der Waals surface area (Å²) in [5.41, 5.74) is 6.50. The number of carbonyl (C=O) groups is 2. The molecule has 0 saturated carbocycles. The van der Waals surface area contributed by atoms with E-state index in [4.69, 9.17) is 0 Å². The second kappa shape index (κ2) is 9.96. The Balaban J connectivity index is 1.59. The molecule has 0 saturated heterocycles. The van der Waals surface area contributed by atoms with E-state index in [9.17, 15) is 9.59 Å². The Kier molecular flexibility index (Phi) is 6.41. The molecule has 5 aromatic rings. The van der Waals surface area contributed by atoms with E-state index in [1.165, 1.54) is 9.36 Å². The second-order valence-electron chi connectivity index (χ2n) is 8.46. The van der Waals surface area contributed by atoms with Gasteiger partial charge in [0, 0.05) is 35.1 Å². The van der Waals surface area contributed by atoms with E-state index in [0.717, 1.165) is 33.6 Å². The number of hydrogen-bond acceptors (Lipinski definition) is 4. The number of carbonyl (C=O) groups excluding carboxylic acids is 2. The van der Waals surface area contributed by atoms with Gasteiger partial charge in [0.05, 0.1) is 22.8 Å². The molecular formula is C30H26N4O2. The molecule has 5 rings (SSSR count). The molecule has 0 spiro atoms. The summed E-state index contributed by atoms with van der Waals surface area (Å²) in [6, 6.07) is 31.3. The molecule has 0 bridgehead atoms. The van der Waals surface area contributed by atoms with Crippen LogP contribution in [0.5, 0.6) is 0 Å². The SMILES string of the molecule is CCC(=O)n1nc(-c2cccc(-c3cc(-c4ccccc4)n(C(=O)CC)n3)c2)cc1-c1ccccc1. The molecule has 0 fully saturated rings. The first-order valence-electron chi connectivity index (χ1n) is 12.1. The third kappa shape index (κ3) is 4.41. The summed E-state index contributed by atoms with van der Waals surface area (Å²) in [4.78, 5) is 25.3. The van der Waals surface area contributed by atoms with Gasteiger partial charge in [0.2, 0.25) is 11.8 Å². The van der Waals surface area contributed by atoms with Crippen LogP contribution in [0.15, 0.2) is 97.1 Å². The topological polar surface area (TPSA) is 69.8 Å². The highest BCUT2D eigenvalue weighted by Crippen LogP contribution is 2.31. The van der Waals surface area contributed by atoms with Crippen LogP contribution in [0.3, 0.4) is 0 Å². The predicted molar refractivity (Wildman–Crippen MR) is 142 cm³/mol. The molecule has 0 aliphatic heterocycles. The average molecular weight is 475 g/mol. The smallest absolute Gasteiger partial charge is 0.247 e. The zero-order valence-corrected chi connectivity index (χ0v) is 20.3. The molecule has 0 unspecified atom stereocenters. The molecule has 0 N–H and O–H groups in total. The van der Waals surface area contributed by atoms with E-state index < -0.39 is 0 Å². The third-order valence-corrected chi connectivity index (χ3v) is 6.09. The van der Waals surface area contributed by atoms with Crippen LogP contribution in [0.25, 0.3) is 45.0 Å². The van der Waals surface area contributed by atoms with Gasteiger partial charge in [-0.1, -0.05) is 92.7 Å². The number of nitrogens with zero attached hydrogens (tertiary/aromatic N) is 4. The first kappa shape index (κ1) is 23.2. The van der Waals surface area contributed by atoms with Crippen LogP contribution in [0.1, 0.15) is 36.3 Å². The Bertz CT molecular complexity index is 1420. The molecular weight excluding hydrogens is 448 g/mol. The Morgan fingerprint density at radius 3 is 1.33 bits per heavy atom. The molecule has 0 aliphatic carbocycles. The van der Waals surface area contributed by atoms with Crippen LogP contribution in [-0.4, -0.2) is 31.4 Å². The Morgan fingerprint density at radius 1 is 0.556 bits per heavy atom. The van der Waals surface area contributed by atoms with Crippen LogP contribution in [-0.2, 0) is 0 Å². The number of aromatic nitrogens is 4. The van der Waals surface area contributed by atoms with Gasteiger partial charge >= 0.3 is 0 Å². The molecule has 0 aliphatic rings. The average Bonchev–Trinajstić information content (AvgIpc) is 3.59. The largest absolute Gasteiger partial charge is 0.273 e. The van der Waals surface area contributed by atoms with Crippen LogP contribution in [0.4, 0.5) is 0 Å². The normalized spacial score (nSPS) is 10.9. The molecule has 0 atom stereocenters. The Hall–Kier alpha value is -4.58. The quantitative estimate of drug-likeness (QED) is 0.270. The van der Waals surface area contributed by atoms with Crippen LogP contribution in [0, 0.1) is 0 Å². The van der Waals surface area contributed by atoms with Gasteiger partial charge in [0.25, 0.3) is 0 Å². The highest BCUT2D eigenvalue weighted by atomic mass is 16.2. The number of rotatable bonds is 6. The molecule has 178 valence electrons. The predicted octanol–water partition coefficient (Wildman–Crippen LogP) is 6.85. The second-order valence-corrected chi connectivity index (χ2v) is 8.46. The van der Waals surface area contributed by atoms with Gasteiger partial charge < -0.3 is 0 Å². The van der Waals surface area contributed by atoms with E-state index in [2.05, 4.69) is 10.2 Å². The fourth-order valence-corrected chi connectivity index (χ4v) is 4.19. The highest BCUT2D eigenvalue weighted by Gasteiger charge is 2.18. The minimum atomic E-state index is -0.0689. The van der Waals surface area contributed by atoms with Gasteiger partial charge in [-0.3, -0.25) is 9.59 Å². The van der Waals surface area contributed by atoms with Crippen LogP contribution < -0.4 is 0 Å². The number of hydrogen-bond donors (Lipinski definition) is 0. The maximum absolute atomic E-state index is 12.7. The van der Waals surface area contributed by atoms with E-state index in [1.807, 2.05) is 111 Å². The molecule has 3 aromatic carbocycles. The molecule has 0 amide bonds. The van der Waals surface area contributed by atoms with Gasteiger partial charge in [-0.25, -0.2) is 0 Å². The first-order chi connectivity index (χ1) is 17.6. The lowest BCUT2D eigenvalue weighted by Gasteiger charge is -2.04. The summed E-state index contributed by atoms with van der Waals surface area (Å²) < 4.78 is 2.97. The van der Waals surface area contributed by atoms with Crippen molar-refractivity contribution in [2.45, 2.75) is 26.7 Å². The maximum atomic E-state index is 12.7. The Morgan fingerprint density at radius 2 is 0.944 bits per heavy atom. The molecule has 6 nitrogen and oxygen atoms in total. The summed E-state index contributed by atoms with van der Waals surface area (Å²) in [6.07, 6.45) is 0.707. The van der Waals surface area contributed by atoms with E-state index in [-0.39, 0.29) is 11.8 Å². The van der Waals surface area contributed by atoms with Crippen molar-refractivity contribution >= 4 is 11.8 Å². The molecule has 0 radical (unpaired) electrons. The lowest BCUT2D eigenvalue weighted by atomic mass is 10.0. The lowest BCUT2D eigenvalue weighted by Crippen LogP contribution is -2.12. The third-order valence-electron chi connectivity index (χ3n) is 6.09. The van der Waals surface area contributed by atoms with Gasteiger partial charge in [-0.15, -0.1) is 0 Å². The first-order valence-corrected chi connectivity index (χ1v) is 12.1. The van der Waals surface area contributed by atoms with Crippen molar-refractivity contribution in [3.63, 3.8) is 0 Å². The summed E-state index contributed by atoms with van der Waals surface area (Å²) in [5.74, 6) is -0.138. The molecule has 6 heteroatoms. The fourth-order valence-electron chi connectivity index (χ4n) is 4.19. The zero-order chi connectivity index (χ0) is 25.1. The van der Waals surface area contributed by atoms with Crippen molar-refractivity contribution in [1.29, 1.82) is 0 Å². The number of benzene rings is 3. The van der Waals surface area contributed by atoms with Gasteiger partial charge in [-0.2, -0.15) is 19.6 Å². The van der Waals surface area contributed by atoms with Crippen molar-refractivity contribution in [1.82, 2.24) is 19.6 Å². The minimum Gasteiger partial charge on any atom is -0.273 e. The lowest BCUT2D eigenvalue weighted by molar-refractivity contribution is 0.0887. The van der Waals surface area contributed by atoms with Gasteiger partial charge in [0.15, 0.2) is 0 Å². The van der Waals surface area contributed by atoms with Gasteiger partial charge in [0.1, 0.15) is 0 Å². The Labute approximate surface area is 209 Å². The minimum absolute atomic E-state index is 0.0689. The highest BCUT2D eigenvalue weighted by molar-refractivity contribution is 5.86. The summed E-state index contributed by atoms with van der Waals surface area (Å²) in [7, 11) is 0. The van der Waals surface area contributed by atoms with Crippen molar-refractivity contribution in [2.24, 2.45) is 0 Å². The van der Waals surface area contributed by atoms with Crippen LogP contribution >= 0.6 is 0 Å². The van der Waals surface area contributed by atoms with E-state index in [0.29, 0.717) is 24.2 Å². The van der Waals surface area contributed by atoms with E-state index >= 15 is 0 Å². The molecule has 2 aromatic heterocycles. The molecule has 36 heavy (non-hydrogen) atoms. The molecule has 2 heterocycles. The van der Waals surface area contributed by atoms with Crippen molar-refractivity contribution in [3.05, 3.63) is 97.1 Å². The van der Waals surface area contributed by atoms with E-state index in [1.54, 1.807) is 0 Å². The standard InChI is InChI=1S/C30H26N4O2/c1-3-29(35)33-27(21-12-7-5-8-13-21)19-25(31-33)23-16-11-17-24(18-23)26-20-28(22-14-9-6-10-15-22)34(32-26)30(36)4-2/h5-20H,3-4H2,1-2H3. The summed E-state index contributed by atoms with van der Waals surface area (Å²) in [6.45, 7) is 3.66. The monoisotopic (exact) mass is 474 g/mol.